The number of likely N-dealkylation sites (N-methyl/N-ethyl adjacent to an activating group) is 1. The van der Waals surface area contributed by atoms with Crippen molar-refractivity contribution in [1.82, 2.24) is 9.97 Å². The average molecular weight is 279 g/mol. The van der Waals surface area contributed by atoms with Gasteiger partial charge in [-0.05, 0) is 13.8 Å². The number of ether oxygens (including phenoxy) is 1. The van der Waals surface area contributed by atoms with Crippen molar-refractivity contribution in [2.45, 2.75) is 13.8 Å². The summed E-state index contributed by atoms with van der Waals surface area (Å²) in [6.07, 6.45) is 1.55. The van der Waals surface area contributed by atoms with Crippen molar-refractivity contribution in [3.63, 3.8) is 0 Å². The molecule has 20 heavy (non-hydrogen) atoms. The Morgan fingerprint density at radius 3 is 2.90 bits per heavy atom. The molecule has 0 radical (unpaired) electrons. The Bertz CT molecular complexity index is 558. The van der Waals surface area contributed by atoms with Gasteiger partial charge >= 0.3 is 5.95 Å². The topological polar surface area (TPSA) is 99.6 Å². The number of anilines is 3. The molecule has 0 saturated carbocycles. The molecule has 2 rings (SSSR count). The molecule has 0 bridgehead atoms. The zero-order valence-electron chi connectivity index (χ0n) is 11.6. The smallest absolute Gasteiger partial charge is 0.307 e. The van der Waals surface area contributed by atoms with Gasteiger partial charge in [-0.3, -0.25) is 9.69 Å². The first-order valence-corrected chi connectivity index (χ1v) is 6.29. The van der Waals surface area contributed by atoms with E-state index in [2.05, 4.69) is 20.6 Å². The van der Waals surface area contributed by atoms with Crippen LogP contribution in [0.4, 0.5) is 17.5 Å². The number of fused-ring (bicyclic) bond motifs is 1. The van der Waals surface area contributed by atoms with Gasteiger partial charge in [-0.25, -0.2) is 4.98 Å². The molecule has 0 unspecified atom stereocenters. The summed E-state index contributed by atoms with van der Waals surface area (Å²) in [6, 6.07) is 0. The lowest BCUT2D eigenvalue weighted by Crippen LogP contribution is -2.40. The molecule has 1 aliphatic heterocycles. The van der Waals surface area contributed by atoms with Crippen LogP contribution < -0.4 is 15.5 Å². The van der Waals surface area contributed by atoms with Crippen molar-refractivity contribution < 1.29 is 14.6 Å². The fourth-order valence-electron chi connectivity index (χ4n) is 1.87. The second-order valence-corrected chi connectivity index (χ2v) is 4.02. The van der Waals surface area contributed by atoms with Crippen LogP contribution in [0, 0.1) is 0 Å². The van der Waals surface area contributed by atoms with Crippen LogP contribution in [0.2, 0.25) is 0 Å². The van der Waals surface area contributed by atoms with E-state index >= 15 is 0 Å². The highest BCUT2D eigenvalue weighted by Crippen LogP contribution is 2.31. The number of rotatable bonds is 4. The standard InChI is InChI=1S/C12H17N5O3/c1-4-13-12-14-6-7-9(16-12)17(5-2)10(18)8(15-7)11(19)20-3/h6,15,19H,4-5H2,1-3H3,(H,13,14,16). The SMILES string of the molecule is CCNc1ncc2c(n1)N(CC)C(=O)C(=C(O)OC)N2. The van der Waals surface area contributed by atoms with Crippen LogP contribution in [0.1, 0.15) is 13.8 Å². The number of carbonyl (C=O) groups excluding carboxylic acids is 1. The summed E-state index contributed by atoms with van der Waals surface area (Å²) in [7, 11) is 1.29. The number of aliphatic hydroxyl groups is 1. The third kappa shape index (κ3) is 2.31. The number of hydrogen-bond acceptors (Lipinski definition) is 7. The maximum Gasteiger partial charge on any atom is 0.307 e. The van der Waals surface area contributed by atoms with Gasteiger partial charge < -0.3 is 20.5 Å². The Morgan fingerprint density at radius 1 is 1.55 bits per heavy atom. The molecule has 8 nitrogen and oxygen atoms in total. The van der Waals surface area contributed by atoms with Crippen LogP contribution in [0.15, 0.2) is 17.8 Å². The molecule has 0 aliphatic carbocycles. The normalized spacial score (nSPS) is 16.4. The summed E-state index contributed by atoms with van der Waals surface area (Å²) >= 11 is 0. The zero-order chi connectivity index (χ0) is 14.7. The minimum atomic E-state index is -0.463. The van der Waals surface area contributed by atoms with Crippen LogP contribution in [-0.2, 0) is 9.53 Å². The molecule has 1 aromatic heterocycles. The lowest BCUT2D eigenvalue weighted by atomic mass is 10.2. The van der Waals surface area contributed by atoms with E-state index in [1.54, 1.807) is 6.20 Å². The maximum absolute atomic E-state index is 12.3. The van der Waals surface area contributed by atoms with Crippen LogP contribution in [0.5, 0.6) is 0 Å². The van der Waals surface area contributed by atoms with Gasteiger partial charge in [0.2, 0.25) is 5.95 Å². The molecule has 0 fully saturated rings. The zero-order valence-corrected chi connectivity index (χ0v) is 11.6. The highest BCUT2D eigenvalue weighted by atomic mass is 16.6. The molecular weight excluding hydrogens is 262 g/mol. The molecule has 8 heteroatoms. The van der Waals surface area contributed by atoms with Crippen LogP contribution in [0.3, 0.4) is 0 Å². The molecule has 1 aromatic rings. The Morgan fingerprint density at radius 2 is 2.30 bits per heavy atom. The van der Waals surface area contributed by atoms with Gasteiger partial charge in [0.1, 0.15) is 5.69 Å². The van der Waals surface area contributed by atoms with Gasteiger partial charge in [-0.1, -0.05) is 0 Å². The van der Waals surface area contributed by atoms with E-state index < -0.39 is 11.9 Å². The number of methoxy groups -OCH3 is 1. The van der Waals surface area contributed by atoms with E-state index in [9.17, 15) is 9.90 Å². The van der Waals surface area contributed by atoms with E-state index in [4.69, 9.17) is 4.74 Å². The summed E-state index contributed by atoms with van der Waals surface area (Å²) in [5, 5.41) is 15.4. The van der Waals surface area contributed by atoms with E-state index in [1.807, 2.05) is 13.8 Å². The summed E-state index contributed by atoms with van der Waals surface area (Å²) < 4.78 is 4.70. The second-order valence-electron chi connectivity index (χ2n) is 4.02. The van der Waals surface area contributed by atoms with Gasteiger partial charge in [-0.15, -0.1) is 0 Å². The second kappa shape index (κ2) is 5.64. The lowest BCUT2D eigenvalue weighted by Gasteiger charge is -2.29. The van der Waals surface area contributed by atoms with Crippen molar-refractivity contribution in [1.29, 1.82) is 0 Å². The van der Waals surface area contributed by atoms with E-state index in [-0.39, 0.29) is 5.70 Å². The van der Waals surface area contributed by atoms with Crippen LogP contribution in [0.25, 0.3) is 0 Å². The highest BCUT2D eigenvalue weighted by Gasteiger charge is 2.32. The number of hydrogen-bond donors (Lipinski definition) is 3. The number of nitrogens with zero attached hydrogens (tertiary/aromatic N) is 3. The number of carbonyl (C=O) groups is 1. The first-order chi connectivity index (χ1) is 9.62. The molecule has 0 spiro atoms. The molecule has 2 heterocycles. The minimum Gasteiger partial charge on any atom is -0.479 e. The van der Waals surface area contributed by atoms with Gasteiger partial charge in [0.05, 0.1) is 13.3 Å². The summed E-state index contributed by atoms with van der Waals surface area (Å²) in [6.45, 7) is 4.85. The van der Waals surface area contributed by atoms with Crippen molar-refractivity contribution in [3.8, 4) is 0 Å². The predicted molar refractivity (Wildman–Crippen MR) is 74.5 cm³/mol. The largest absolute Gasteiger partial charge is 0.479 e. The number of amides is 1. The Balaban J connectivity index is 2.48. The average Bonchev–Trinajstić information content (AvgIpc) is 2.46. The van der Waals surface area contributed by atoms with Gasteiger partial charge in [-0.2, -0.15) is 4.98 Å². The fourth-order valence-corrected chi connectivity index (χ4v) is 1.87. The van der Waals surface area contributed by atoms with Gasteiger partial charge in [0.15, 0.2) is 11.5 Å². The molecular formula is C12H17N5O3. The Kier molecular flexibility index (Phi) is 3.92. The third-order valence-electron chi connectivity index (χ3n) is 2.80. The minimum absolute atomic E-state index is 0.0262. The van der Waals surface area contributed by atoms with Crippen molar-refractivity contribution in [2.75, 3.05) is 35.7 Å². The monoisotopic (exact) mass is 279 g/mol. The predicted octanol–water partition coefficient (Wildman–Crippen LogP) is 1.06. The van der Waals surface area contributed by atoms with Gasteiger partial charge in [0, 0.05) is 13.1 Å². The van der Waals surface area contributed by atoms with Gasteiger partial charge in [0.25, 0.3) is 5.91 Å². The van der Waals surface area contributed by atoms with Crippen molar-refractivity contribution in [2.24, 2.45) is 0 Å². The molecule has 0 saturated heterocycles. The van der Waals surface area contributed by atoms with E-state index in [0.29, 0.717) is 30.5 Å². The highest BCUT2D eigenvalue weighted by molar-refractivity contribution is 6.11. The van der Waals surface area contributed by atoms with Crippen molar-refractivity contribution >= 4 is 23.4 Å². The molecule has 0 aromatic carbocycles. The molecule has 108 valence electrons. The number of aromatic nitrogens is 2. The fraction of sp³-hybridized carbons (Fsp3) is 0.417. The van der Waals surface area contributed by atoms with E-state index in [1.165, 1.54) is 12.0 Å². The first kappa shape index (κ1) is 13.9. The number of nitrogens with one attached hydrogen (secondary N) is 2. The quantitative estimate of drug-likeness (QED) is 0.559. The molecule has 1 amide bonds. The molecule has 0 atom stereocenters. The summed E-state index contributed by atoms with van der Waals surface area (Å²) in [5.74, 6) is 0.0501. The maximum atomic E-state index is 12.3. The lowest BCUT2D eigenvalue weighted by molar-refractivity contribution is -0.115. The molecule has 1 aliphatic rings. The third-order valence-corrected chi connectivity index (χ3v) is 2.80. The summed E-state index contributed by atoms with van der Waals surface area (Å²) in [4.78, 5) is 22.1. The summed E-state index contributed by atoms with van der Waals surface area (Å²) in [5.41, 5.74) is 0.508. The molecule has 3 N–H and O–H groups in total. The van der Waals surface area contributed by atoms with E-state index in [0.717, 1.165) is 0 Å². The van der Waals surface area contributed by atoms with Crippen LogP contribution >= 0.6 is 0 Å². The Hall–Kier alpha value is -2.51. The van der Waals surface area contributed by atoms with Crippen LogP contribution in [-0.4, -0.2) is 41.2 Å². The van der Waals surface area contributed by atoms with Crippen molar-refractivity contribution in [3.05, 3.63) is 17.8 Å². The first-order valence-electron chi connectivity index (χ1n) is 6.29. The Labute approximate surface area is 116 Å². The number of aliphatic hydroxyl groups excluding tert-OH is 1.